The van der Waals surface area contributed by atoms with Crippen LogP contribution < -0.4 is 5.48 Å². The minimum absolute atomic E-state index is 0.289. The number of benzene rings is 1. The van der Waals surface area contributed by atoms with Crippen LogP contribution in [-0.4, -0.2) is 11.1 Å². The maximum absolute atomic E-state index is 10.9. The van der Waals surface area contributed by atoms with E-state index in [9.17, 15) is 4.79 Å². The molecule has 1 aromatic carbocycles. The van der Waals surface area contributed by atoms with Crippen molar-refractivity contribution < 1.29 is 10.0 Å². The standard InChI is InChI=1S/C12H17NO2/c1-10(9-12(14)13-15)7-8-11-5-3-2-4-6-11/h2-6,10,15H,7-9H2,1H3,(H,13,14). The third-order valence-corrected chi connectivity index (χ3v) is 2.43. The minimum Gasteiger partial charge on any atom is -0.289 e. The van der Waals surface area contributed by atoms with Crippen molar-refractivity contribution in [3.63, 3.8) is 0 Å². The molecule has 0 saturated heterocycles. The van der Waals surface area contributed by atoms with Crippen LogP contribution in [0.4, 0.5) is 0 Å². The Labute approximate surface area is 90.1 Å². The highest BCUT2D eigenvalue weighted by Gasteiger charge is 2.07. The number of aryl methyl sites for hydroxylation is 1. The smallest absolute Gasteiger partial charge is 0.243 e. The fraction of sp³-hybridized carbons (Fsp3) is 0.417. The number of carbonyl (C=O) groups excluding carboxylic acids is 1. The molecule has 0 aliphatic heterocycles. The van der Waals surface area contributed by atoms with Gasteiger partial charge in [0.25, 0.3) is 0 Å². The molecule has 0 aromatic heterocycles. The molecule has 0 saturated carbocycles. The highest BCUT2D eigenvalue weighted by molar-refractivity contribution is 5.74. The van der Waals surface area contributed by atoms with E-state index in [0.717, 1.165) is 12.8 Å². The van der Waals surface area contributed by atoms with Crippen LogP contribution >= 0.6 is 0 Å². The SMILES string of the molecule is CC(CCc1ccccc1)CC(=O)NO. The number of hydrogen-bond donors (Lipinski definition) is 2. The van der Waals surface area contributed by atoms with Gasteiger partial charge in [0, 0.05) is 6.42 Å². The number of hydroxylamine groups is 1. The number of rotatable bonds is 5. The van der Waals surface area contributed by atoms with E-state index in [2.05, 4.69) is 12.1 Å². The predicted octanol–water partition coefficient (Wildman–Crippen LogP) is 2.15. The fourth-order valence-corrected chi connectivity index (χ4v) is 1.52. The summed E-state index contributed by atoms with van der Waals surface area (Å²) in [7, 11) is 0. The van der Waals surface area contributed by atoms with E-state index in [1.165, 1.54) is 5.56 Å². The van der Waals surface area contributed by atoms with E-state index < -0.39 is 0 Å². The van der Waals surface area contributed by atoms with Gasteiger partial charge in [-0.15, -0.1) is 0 Å². The summed E-state index contributed by atoms with van der Waals surface area (Å²) < 4.78 is 0. The first-order chi connectivity index (χ1) is 7.22. The fourth-order valence-electron chi connectivity index (χ4n) is 1.52. The predicted molar refractivity (Wildman–Crippen MR) is 58.5 cm³/mol. The summed E-state index contributed by atoms with van der Waals surface area (Å²) >= 11 is 0. The quantitative estimate of drug-likeness (QED) is 0.574. The molecule has 0 aliphatic rings. The van der Waals surface area contributed by atoms with E-state index in [1.54, 1.807) is 5.48 Å². The number of amides is 1. The van der Waals surface area contributed by atoms with Crippen LogP contribution in [0, 0.1) is 5.92 Å². The Morgan fingerprint density at radius 2 is 2.07 bits per heavy atom. The molecule has 1 atom stereocenters. The Kier molecular flexibility index (Phi) is 4.84. The van der Waals surface area contributed by atoms with Gasteiger partial charge in [-0.2, -0.15) is 0 Å². The monoisotopic (exact) mass is 207 g/mol. The second-order valence-corrected chi connectivity index (χ2v) is 3.87. The number of carbonyl (C=O) groups is 1. The van der Waals surface area contributed by atoms with Crippen molar-refractivity contribution in [1.82, 2.24) is 5.48 Å². The van der Waals surface area contributed by atoms with Crippen molar-refractivity contribution in [3.05, 3.63) is 35.9 Å². The Bertz CT molecular complexity index is 298. The summed E-state index contributed by atoms with van der Waals surface area (Å²) in [5, 5.41) is 8.37. The molecule has 82 valence electrons. The Hall–Kier alpha value is -1.35. The molecule has 0 spiro atoms. The average molecular weight is 207 g/mol. The molecule has 3 heteroatoms. The first kappa shape index (κ1) is 11.7. The van der Waals surface area contributed by atoms with E-state index in [-0.39, 0.29) is 11.8 Å². The Morgan fingerprint density at radius 1 is 1.40 bits per heavy atom. The molecule has 1 rings (SSSR count). The molecule has 0 bridgehead atoms. The number of hydrogen-bond acceptors (Lipinski definition) is 2. The summed E-state index contributed by atoms with van der Waals surface area (Å²) in [4.78, 5) is 10.9. The van der Waals surface area contributed by atoms with Gasteiger partial charge in [-0.25, -0.2) is 5.48 Å². The zero-order chi connectivity index (χ0) is 11.1. The van der Waals surface area contributed by atoms with Gasteiger partial charge in [0.15, 0.2) is 0 Å². The lowest BCUT2D eigenvalue weighted by Gasteiger charge is -2.09. The van der Waals surface area contributed by atoms with Gasteiger partial charge >= 0.3 is 0 Å². The van der Waals surface area contributed by atoms with E-state index in [0.29, 0.717) is 6.42 Å². The van der Waals surface area contributed by atoms with Crippen molar-refractivity contribution >= 4 is 5.91 Å². The Balaban J connectivity index is 2.28. The average Bonchev–Trinajstić information content (AvgIpc) is 2.27. The minimum atomic E-state index is -0.310. The molecule has 1 unspecified atom stereocenters. The van der Waals surface area contributed by atoms with Crippen molar-refractivity contribution in [2.45, 2.75) is 26.2 Å². The van der Waals surface area contributed by atoms with Crippen LogP contribution in [0.2, 0.25) is 0 Å². The summed E-state index contributed by atoms with van der Waals surface area (Å²) in [6, 6.07) is 10.2. The van der Waals surface area contributed by atoms with Crippen molar-refractivity contribution in [2.24, 2.45) is 5.92 Å². The second-order valence-electron chi connectivity index (χ2n) is 3.87. The van der Waals surface area contributed by atoms with Crippen molar-refractivity contribution in [2.75, 3.05) is 0 Å². The molecule has 2 N–H and O–H groups in total. The molecule has 1 aromatic rings. The van der Waals surface area contributed by atoms with Crippen molar-refractivity contribution in [3.8, 4) is 0 Å². The lowest BCUT2D eigenvalue weighted by Crippen LogP contribution is -2.21. The molecular formula is C12H17NO2. The first-order valence-electron chi connectivity index (χ1n) is 5.19. The highest BCUT2D eigenvalue weighted by atomic mass is 16.5. The summed E-state index contributed by atoms with van der Waals surface area (Å²) in [5.74, 6) is -0.0204. The summed E-state index contributed by atoms with van der Waals surface area (Å²) in [5.41, 5.74) is 2.94. The highest BCUT2D eigenvalue weighted by Crippen LogP contribution is 2.12. The van der Waals surface area contributed by atoms with Crippen LogP contribution in [0.1, 0.15) is 25.3 Å². The van der Waals surface area contributed by atoms with Gasteiger partial charge in [0.05, 0.1) is 0 Å². The van der Waals surface area contributed by atoms with E-state index >= 15 is 0 Å². The third kappa shape index (κ3) is 4.61. The summed E-state index contributed by atoms with van der Waals surface area (Å²) in [6.07, 6.45) is 2.31. The summed E-state index contributed by atoms with van der Waals surface area (Å²) in [6.45, 7) is 2.01. The molecular weight excluding hydrogens is 190 g/mol. The zero-order valence-corrected chi connectivity index (χ0v) is 8.94. The van der Waals surface area contributed by atoms with Crippen LogP contribution in [0.25, 0.3) is 0 Å². The molecule has 0 radical (unpaired) electrons. The van der Waals surface area contributed by atoms with Gasteiger partial charge in [0.2, 0.25) is 5.91 Å². The molecule has 0 aliphatic carbocycles. The van der Waals surface area contributed by atoms with Crippen LogP contribution in [-0.2, 0) is 11.2 Å². The number of nitrogens with one attached hydrogen (secondary N) is 1. The van der Waals surface area contributed by atoms with Gasteiger partial charge in [0.1, 0.15) is 0 Å². The van der Waals surface area contributed by atoms with Crippen molar-refractivity contribution in [1.29, 1.82) is 0 Å². The van der Waals surface area contributed by atoms with Crippen LogP contribution in [0.15, 0.2) is 30.3 Å². The second kappa shape index (κ2) is 6.19. The van der Waals surface area contributed by atoms with Gasteiger partial charge in [-0.1, -0.05) is 37.3 Å². The molecule has 0 fully saturated rings. The normalized spacial score (nSPS) is 12.1. The lowest BCUT2D eigenvalue weighted by atomic mass is 9.98. The topological polar surface area (TPSA) is 49.3 Å². The van der Waals surface area contributed by atoms with Gasteiger partial charge in [-0.3, -0.25) is 10.0 Å². The molecule has 3 nitrogen and oxygen atoms in total. The van der Waals surface area contributed by atoms with Gasteiger partial charge in [-0.05, 0) is 24.3 Å². The third-order valence-electron chi connectivity index (χ3n) is 2.43. The maximum Gasteiger partial charge on any atom is 0.243 e. The largest absolute Gasteiger partial charge is 0.289 e. The zero-order valence-electron chi connectivity index (χ0n) is 8.94. The van der Waals surface area contributed by atoms with E-state index in [4.69, 9.17) is 5.21 Å². The molecule has 15 heavy (non-hydrogen) atoms. The maximum atomic E-state index is 10.9. The van der Waals surface area contributed by atoms with Gasteiger partial charge < -0.3 is 0 Å². The van der Waals surface area contributed by atoms with E-state index in [1.807, 2.05) is 25.1 Å². The van der Waals surface area contributed by atoms with Crippen LogP contribution in [0.3, 0.4) is 0 Å². The first-order valence-corrected chi connectivity index (χ1v) is 5.19. The Morgan fingerprint density at radius 3 is 2.67 bits per heavy atom. The molecule has 0 heterocycles. The van der Waals surface area contributed by atoms with Crippen LogP contribution in [0.5, 0.6) is 0 Å². The molecule has 1 amide bonds. The lowest BCUT2D eigenvalue weighted by molar-refractivity contribution is -0.130.